The van der Waals surface area contributed by atoms with Crippen LogP contribution in [0, 0.1) is 10.1 Å². The molecule has 0 aliphatic carbocycles. The Bertz CT molecular complexity index is 423. The van der Waals surface area contributed by atoms with E-state index in [-0.39, 0.29) is 5.69 Å². The Kier molecular flexibility index (Phi) is 4.92. The normalized spacial score (nSPS) is 10.1. The molecule has 0 aromatic heterocycles. The Morgan fingerprint density at radius 2 is 2.31 bits per heavy atom. The van der Waals surface area contributed by atoms with E-state index in [0.29, 0.717) is 23.7 Å². The second-order valence-electron chi connectivity index (χ2n) is 3.12. The zero-order chi connectivity index (χ0) is 12.1. The summed E-state index contributed by atoms with van der Waals surface area (Å²) in [6.07, 6.45) is 0. The standard InChI is InChI=1S/C10H10BrClN2O2/c1-7(11)5-13-6-8-9(12)3-2-4-10(8)14(15)16/h2-4,13H,1,5-6H2. The fourth-order valence-electron chi connectivity index (χ4n) is 1.22. The minimum absolute atomic E-state index is 0.0279. The Labute approximate surface area is 107 Å². The monoisotopic (exact) mass is 304 g/mol. The Morgan fingerprint density at radius 1 is 1.62 bits per heavy atom. The van der Waals surface area contributed by atoms with Crippen molar-refractivity contribution in [2.45, 2.75) is 6.54 Å². The maximum absolute atomic E-state index is 10.8. The maximum atomic E-state index is 10.8. The van der Waals surface area contributed by atoms with Crippen LogP contribution < -0.4 is 5.32 Å². The van der Waals surface area contributed by atoms with Gasteiger partial charge in [0.05, 0.1) is 15.5 Å². The third-order valence-corrected chi connectivity index (χ3v) is 2.54. The average molecular weight is 306 g/mol. The highest BCUT2D eigenvalue weighted by molar-refractivity contribution is 9.11. The van der Waals surface area contributed by atoms with Gasteiger partial charge in [-0.15, -0.1) is 0 Å². The van der Waals surface area contributed by atoms with Crippen LogP contribution >= 0.6 is 27.5 Å². The number of nitrogens with zero attached hydrogens (tertiary/aromatic N) is 1. The van der Waals surface area contributed by atoms with Crippen molar-refractivity contribution in [3.63, 3.8) is 0 Å². The van der Waals surface area contributed by atoms with Crippen LogP contribution in [0.3, 0.4) is 0 Å². The molecule has 0 heterocycles. The highest BCUT2D eigenvalue weighted by atomic mass is 79.9. The fourth-order valence-corrected chi connectivity index (χ4v) is 1.65. The zero-order valence-electron chi connectivity index (χ0n) is 8.37. The topological polar surface area (TPSA) is 55.2 Å². The molecule has 0 aliphatic rings. The molecular weight excluding hydrogens is 295 g/mol. The van der Waals surface area contributed by atoms with Crippen LogP contribution in [0.4, 0.5) is 5.69 Å². The Balaban J connectivity index is 2.84. The number of hydrogen-bond donors (Lipinski definition) is 1. The molecule has 4 nitrogen and oxygen atoms in total. The molecule has 0 saturated carbocycles. The van der Waals surface area contributed by atoms with E-state index < -0.39 is 4.92 Å². The lowest BCUT2D eigenvalue weighted by molar-refractivity contribution is -0.385. The molecule has 16 heavy (non-hydrogen) atoms. The number of rotatable bonds is 5. The summed E-state index contributed by atoms with van der Waals surface area (Å²) in [7, 11) is 0. The van der Waals surface area contributed by atoms with Crippen LogP contribution in [0.1, 0.15) is 5.56 Å². The van der Waals surface area contributed by atoms with Gasteiger partial charge in [-0.3, -0.25) is 10.1 Å². The van der Waals surface area contributed by atoms with Gasteiger partial charge in [0.2, 0.25) is 0 Å². The smallest absolute Gasteiger partial charge is 0.275 e. The second-order valence-corrected chi connectivity index (χ2v) is 4.64. The molecule has 0 spiro atoms. The quantitative estimate of drug-likeness (QED) is 0.671. The lowest BCUT2D eigenvalue weighted by atomic mass is 10.2. The van der Waals surface area contributed by atoms with Gasteiger partial charge >= 0.3 is 0 Å². The first-order valence-electron chi connectivity index (χ1n) is 4.48. The summed E-state index contributed by atoms with van der Waals surface area (Å²) in [5, 5.41) is 14.2. The van der Waals surface area contributed by atoms with Gasteiger partial charge in [0.1, 0.15) is 0 Å². The summed E-state index contributed by atoms with van der Waals surface area (Å²) in [4.78, 5) is 10.3. The van der Waals surface area contributed by atoms with Crippen molar-refractivity contribution in [2.75, 3.05) is 6.54 Å². The van der Waals surface area contributed by atoms with Crippen molar-refractivity contribution in [1.29, 1.82) is 0 Å². The molecule has 0 amide bonds. The van der Waals surface area contributed by atoms with Crippen molar-refractivity contribution in [3.8, 4) is 0 Å². The Morgan fingerprint density at radius 3 is 2.88 bits per heavy atom. The van der Waals surface area contributed by atoms with Crippen LogP contribution in [0.2, 0.25) is 5.02 Å². The summed E-state index contributed by atoms with van der Waals surface area (Å²) in [5.41, 5.74) is 0.517. The second kappa shape index (κ2) is 5.98. The third kappa shape index (κ3) is 3.59. The number of benzene rings is 1. The predicted molar refractivity (Wildman–Crippen MR) is 67.9 cm³/mol. The highest BCUT2D eigenvalue weighted by Gasteiger charge is 2.15. The van der Waals surface area contributed by atoms with E-state index in [0.717, 1.165) is 4.48 Å². The van der Waals surface area contributed by atoms with Crippen LogP contribution in [0.15, 0.2) is 29.3 Å². The van der Waals surface area contributed by atoms with Crippen molar-refractivity contribution in [1.82, 2.24) is 5.32 Å². The number of hydrogen-bond acceptors (Lipinski definition) is 3. The van der Waals surface area contributed by atoms with Gasteiger partial charge in [0.25, 0.3) is 5.69 Å². The van der Waals surface area contributed by atoms with Gasteiger partial charge in [0.15, 0.2) is 0 Å². The summed E-state index contributed by atoms with van der Waals surface area (Å²) >= 11 is 9.10. The summed E-state index contributed by atoms with van der Waals surface area (Å²) in [6.45, 7) is 4.52. The highest BCUT2D eigenvalue weighted by Crippen LogP contribution is 2.25. The molecule has 0 radical (unpaired) electrons. The lowest BCUT2D eigenvalue weighted by Gasteiger charge is -2.06. The van der Waals surface area contributed by atoms with Crippen molar-refractivity contribution in [2.24, 2.45) is 0 Å². The zero-order valence-corrected chi connectivity index (χ0v) is 10.7. The summed E-state index contributed by atoms with van der Waals surface area (Å²) in [5.74, 6) is 0. The van der Waals surface area contributed by atoms with E-state index in [1.54, 1.807) is 12.1 Å². The molecule has 6 heteroatoms. The Hall–Kier alpha value is -0.910. The molecule has 0 aliphatic heterocycles. The molecule has 0 atom stereocenters. The number of halogens is 2. The molecular formula is C10H10BrClN2O2. The van der Waals surface area contributed by atoms with Crippen LogP contribution in [0.5, 0.6) is 0 Å². The van der Waals surface area contributed by atoms with Gasteiger partial charge in [-0.05, 0) is 6.07 Å². The molecule has 0 saturated heterocycles. The molecule has 1 N–H and O–H groups in total. The number of nitro benzene ring substituents is 1. The fraction of sp³-hybridized carbons (Fsp3) is 0.200. The van der Waals surface area contributed by atoms with Crippen LogP contribution in [-0.4, -0.2) is 11.5 Å². The van der Waals surface area contributed by atoms with E-state index >= 15 is 0 Å². The van der Waals surface area contributed by atoms with Gasteiger partial charge in [-0.25, -0.2) is 0 Å². The minimum Gasteiger partial charge on any atom is -0.308 e. The van der Waals surface area contributed by atoms with E-state index in [1.807, 2.05) is 0 Å². The van der Waals surface area contributed by atoms with Gasteiger partial charge in [-0.1, -0.05) is 40.2 Å². The largest absolute Gasteiger partial charge is 0.308 e. The maximum Gasteiger partial charge on any atom is 0.275 e. The number of nitrogens with one attached hydrogen (secondary N) is 1. The van der Waals surface area contributed by atoms with E-state index in [4.69, 9.17) is 11.6 Å². The third-order valence-electron chi connectivity index (χ3n) is 1.91. The van der Waals surface area contributed by atoms with Gasteiger partial charge < -0.3 is 5.32 Å². The molecule has 1 aromatic rings. The molecule has 0 bridgehead atoms. The predicted octanol–water partition coefficient (Wildman–Crippen LogP) is 3.25. The van der Waals surface area contributed by atoms with Crippen molar-refractivity contribution < 1.29 is 4.92 Å². The summed E-state index contributed by atoms with van der Waals surface area (Å²) < 4.78 is 0.780. The molecule has 0 fully saturated rings. The van der Waals surface area contributed by atoms with Crippen molar-refractivity contribution >= 4 is 33.2 Å². The van der Waals surface area contributed by atoms with Crippen LogP contribution in [-0.2, 0) is 6.54 Å². The van der Waals surface area contributed by atoms with E-state index in [9.17, 15) is 10.1 Å². The van der Waals surface area contributed by atoms with E-state index in [1.165, 1.54) is 6.07 Å². The van der Waals surface area contributed by atoms with Gasteiger partial charge in [0, 0.05) is 23.6 Å². The SMILES string of the molecule is C=C(Br)CNCc1c(Cl)cccc1[N+](=O)[O-]. The first-order chi connectivity index (χ1) is 7.52. The van der Waals surface area contributed by atoms with Gasteiger partial charge in [-0.2, -0.15) is 0 Å². The van der Waals surface area contributed by atoms with Crippen LogP contribution in [0.25, 0.3) is 0 Å². The van der Waals surface area contributed by atoms with Crippen molar-refractivity contribution in [3.05, 3.63) is 50.0 Å². The van der Waals surface area contributed by atoms with E-state index in [2.05, 4.69) is 27.8 Å². The molecule has 1 aromatic carbocycles. The average Bonchev–Trinajstić information content (AvgIpc) is 2.19. The molecule has 86 valence electrons. The minimum atomic E-state index is -0.439. The molecule has 0 unspecified atom stereocenters. The summed E-state index contributed by atoms with van der Waals surface area (Å²) in [6, 6.07) is 4.63. The lowest BCUT2D eigenvalue weighted by Crippen LogP contribution is -2.15. The first kappa shape index (κ1) is 13.2. The number of nitro groups is 1. The molecule has 1 rings (SSSR count). The first-order valence-corrected chi connectivity index (χ1v) is 5.65.